The smallest absolute Gasteiger partial charge is 0.306 e. The van der Waals surface area contributed by atoms with Crippen molar-refractivity contribution >= 4 is 29.1 Å². The van der Waals surface area contributed by atoms with E-state index in [0.29, 0.717) is 13.1 Å². The van der Waals surface area contributed by atoms with Crippen molar-refractivity contribution in [3.05, 3.63) is 57.8 Å². The molecule has 2 rings (SSSR count). The molecule has 32 heavy (non-hydrogen) atoms. The van der Waals surface area contributed by atoms with Crippen LogP contribution in [0.5, 0.6) is 0 Å². The second kappa shape index (κ2) is 13.0. The summed E-state index contributed by atoms with van der Waals surface area (Å²) in [7, 11) is 0. The molecule has 0 bridgehead atoms. The van der Waals surface area contributed by atoms with E-state index in [2.05, 4.69) is 6.07 Å². The number of thiophene rings is 1. The highest BCUT2D eigenvalue weighted by atomic mass is 32.1. The summed E-state index contributed by atoms with van der Waals surface area (Å²) in [6, 6.07) is 11.8. The number of esters is 1. The van der Waals surface area contributed by atoms with Crippen molar-refractivity contribution in [3.8, 4) is 0 Å². The molecule has 174 valence electrons. The lowest BCUT2D eigenvalue weighted by Gasteiger charge is -2.31. The van der Waals surface area contributed by atoms with E-state index in [0.717, 1.165) is 22.4 Å². The van der Waals surface area contributed by atoms with Gasteiger partial charge in [0.15, 0.2) is 0 Å². The molecule has 1 unspecified atom stereocenters. The van der Waals surface area contributed by atoms with E-state index in [1.165, 1.54) is 0 Å². The van der Waals surface area contributed by atoms with E-state index >= 15 is 0 Å². The molecule has 0 saturated heterocycles. The van der Waals surface area contributed by atoms with Gasteiger partial charge in [0.25, 0.3) is 0 Å². The molecular formula is C25H34N2O4S. The Morgan fingerprint density at radius 1 is 1.00 bits per heavy atom. The molecule has 0 N–H and O–H groups in total. The minimum atomic E-state index is -0.393. The summed E-state index contributed by atoms with van der Waals surface area (Å²) in [5.74, 6) is -0.700. The molecule has 1 atom stereocenters. The van der Waals surface area contributed by atoms with Gasteiger partial charge in [0.1, 0.15) is 6.54 Å². The number of rotatable bonds is 12. The zero-order valence-electron chi connectivity index (χ0n) is 19.5. The molecule has 0 spiro atoms. The number of hydrogen-bond donors (Lipinski definition) is 0. The molecule has 1 aromatic heterocycles. The quantitative estimate of drug-likeness (QED) is 0.438. The van der Waals surface area contributed by atoms with Crippen LogP contribution in [0.3, 0.4) is 0 Å². The number of nitrogens with zero attached hydrogens (tertiary/aromatic N) is 2. The molecule has 0 aliphatic carbocycles. The van der Waals surface area contributed by atoms with Crippen molar-refractivity contribution in [3.63, 3.8) is 0 Å². The summed E-state index contributed by atoms with van der Waals surface area (Å²) in [5, 5.41) is 2.03. The van der Waals surface area contributed by atoms with Gasteiger partial charge in [-0.05, 0) is 49.8 Å². The SMILES string of the molecule is CCOC(=O)CCC(=O)N(CC(=O)N(Cc1ccccc1)Cc1sccc1C)C(C)CC. The lowest BCUT2D eigenvalue weighted by molar-refractivity contribution is -0.147. The zero-order chi connectivity index (χ0) is 23.5. The van der Waals surface area contributed by atoms with E-state index in [4.69, 9.17) is 4.74 Å². The molecule has 0 radical (unpaired) electrons. The number of aryl methyl sites for hydroxylation is 1. The molecule has 0 aliphatic rings. The summed E-state index contributed by atoms with van der Waals surface area (Å²) in [4.78, 5) is 42.5. The number of hydrogen-bond acceptors (Lipinski definition) is 5. The Morgan fingerprint density at radius 3 is 2.31 bits per heavy atom. The van der Waals surface area contributed by atoms with Crippen LogP contribution in [-0.4, -0.2) is 46.8 Å². The molecule has 0 aliphatic heterocycles. The first-order valence-electron chi connectivity index (χ1n) is 11.1. The van der Waals surface area contributed by atoms with Crippen LogP contribution in [-0.2, 0) is 32.2 Å². The standard InChI is InChI=1S/C25H34N2O4S/c1-5-20(4)27(23(28)12-13-25(30)31-6-2)18-24(29)26(16-21-10-8-7-9-11-21)17-22-19(3)14-15-32-22/h7-11,14-15,20H,5-6,12-13,16-18H2,1-4H3. The highest BCUT2D eigenvalue weighted by Gasteiger charge is 2.26. The predicted octanol–water partition coefficient (Wildman–Crippen LogP) is 4.56. The van der Waals surface area contributed by atoms with Gasteiger partial charge in [0.2, 0.25) is 11.8 Å². The minimum absolute atomic E-state index is 0.00603. The summed E-state index contributed by atoms with van der Waals surface area (Å²) < 4.78 is 4.93. The third-order valence-corrected chi connectivity index (χ3v) is 6.48. The van der Waals surface area contributed by atoms with Crippen molar-refractivity contribution in [1.82, 2.24) is 9.80 Å². The number of ether oxygens (including phenoxy) is 1. The van der Waals surface area contributed by atoms with Gasteiger partial charge in [-0.25, -0.2) is 0 Å². The van der Waals surface area contributed by atoms with Gasteiger partial charge >= 0.3 is 5.97 Å². The number of amides is 2. The fourth-order valence-corrected chi connectivity index (χ4v) is 4.24. The van der Waals surface area contributed by atoms with E-state index < -0.39 is 5.97 Å². The normalized spacial score (nSPS) is 11.6. The van der Waals surface area contributed by atoms with Crippen LogP contribution in [0, 0.1) is 6.92 Å². The van der Waals surface area contributed by atoms with Gasteiger partial charge in [0.05, 0.1) is 19.6 Å². The lowest BCUT2D eigenvalue weighted by atomic mass is 10.1. The number of carbonyl (C=O) groups excluding carboxylic acids is 3. The van der Waals surface area contributed by atoms with Gasteiger partial charge in [-0.1, -0.05) is 37.3 Å². The van der Waals surface area contributed by atoms with Gasteiger partial charge in [-0.15, -0.1) is 11.3 Å². The molecule has 2 amide bonds. The van der Waals surface area contributed by atoms with E-state index in [1.54, 1.807) is 23.2 Å². The van der Waals surface area contributed by atoms with Crippen LogP contribution in [0.2, 0.25) is 0 Å². The monoisotopic (exact) mass is 458 g/mol. The Bertz CT molecular complexity index is 881. The average Bonchev–Trinajstić information content (AvgIpc) is 3.19. The van der Waals surface area contributed by atoms with Crippen LogP contribution in [0.15, 0.2) is 41.8 Å². The Labute approximate surface area is 195 Å². The predicted molar refractivity (Wildman–Crippen MR) is 127 cm³/mol. The molecule has 6 nitrogen and oxygen atoms in total. The van der Waals surface area contributed by atoms with E-state index in [9.17, 15) is 14.4 Å². The minimum Gasteiger partial charge on any atom is -0.466 e. The highest BCUT2D eigenvalue weighted by Crippen LogP contribution is 2.20. The largest absolute Gasteiger partial charge is 0.466 e. The first-order valence-corrected chi connectivity index (χ1v) is 12.0. The van der Waals surface area contributed by atoms with Crippen LogP contribution in [0.4, 0.5) is 0 Å². The Hall–Kier alpha value is -2.67. The summed E-state index contributed by atoms with van der Waals surface area (Å²) >= 11 is 1.63. The Balaban J connectivity index is 2.15. The second-order valence-corrected chi connectivity index (χ2v) is 8.85. The van der Waals surface area contributed by atoms with Gasteiger partial charge in [0, 0.05) is 23.9 Å². The van der Waals surface area contributed by atoms with E-state index in [-0.39, 0.29) is 43.8 Å². The first kappa shape index (κ1) is 25.6. The maximum absolute atomic E-state index is 13.4. The van der Waals surface area contributed by atoms with Gasteiger partial charge < -0.3 is 14.5 Å². The van der Waals surface area contributed by atoms with E-state index in [1.807, 2.05) is 61.4 Å². The second-order valence-electron chi connectivity index (χ2n) is 7.85. The first-order chi connectivity index (χ1) is 15.3. The number of carbonyl (C=O) groups is 3. The molecule has 0 fully saturated rings. The van der Waals surface area contributed by atoms with Crippen molar-refractivity contribution in [2.45, 2.75) is 66.1 Å². The fourth-order valence-electron chi connectivity index (χ4n) is 3.32. The molecule has 1 heterocycles. The third kappa shape index (κ3) is 7.79. The Morgan fingerprint density at radius 2 is 1.72 bits per heavy atom. The Kier molecular flexibility index (Phi) is 10.4. The van der Waals surface area contributed by atoms with Crippen LogP contribution < -0.4 is 0 Å². The third-order valence-electron chi connectivity index (χ3n) is 5.47. The summed E-state index contributed by atoms with van der Waals surface area (Å²) in [6.07, 6.45) is 0.788. The zero-order valence-corrected chi connectivity index (χ0v) is 20.3. The fraction of sp³-hybridized carbons (Fsp3) is 0.480. The maximum atomic E-state index is 13.4. The van der Waals surface area contributed by atoms with Crippen molar-refractivity contribution < 1.29 is 19.1 Å². The van der Waals surface area contributed by atoms with Crippen molar-refractivity contribution in [2.24, 2.45) is 0 Å². The van der Waals surface area contributed by atoms with Crippen molar-refractivity contribution in [1.29, 1.82) is 0 Å². The van der Waals surface area contributed by atoms with Gasteiger partial charge in [-0.3, -0.25) is 14.4 Å². The van der Waals surface area contributed by atoms with Crippen molar-refractivity contribution in [2.75, 3.05) is 13.2 Å². The van der Waals surface area contributed by atoms with Crippen LogP contribution in [0.25, 0.3) is 0 Å². The molecule has 2 aromatic rings. The molecule has 0 saturated carbocycles. The molecule has 1 aromatic carbocycles. The highest BCUT2D eigenvalue weighted by molar-refractivity contribution is 7.10. The topological polar surface area (TPSA) is 66.9 Å². The van der Waals surface area contributed by atoms with Crippen LogP contribution in [0.1, 0.15) is 56.0 Å². The maximum Gasteiger partial charge on any atom is 0.306 e. The number of benzene rings is 1. The average molecular weight is 459 g/mol. The van der Waals surface area contributed by atoms with Gasteiger partial charge in [-0.2, -0.15) is 0 Å². The lowest BCUT2D eigenvalue weighted by Crippen LogP contribution is -2.46. The molecule has 7 heteroatoms. The van der Waals surface area contributed by atoms with Crippen LogP contribution >= 0.6 is 11.3 Å². The summed E-state index contributed by atoms with van der Waals surface area (Å²) in [6.45, 7) is 8.95. The molecular weight excluding hydrogens is 424 g/mol. The summed E-state index contributed by atoms with van der Waals surface area (Å²) in [5.41, 5.74) is 2.20.